The Hall–Kier alpha value is -6.63. The molecule has 0 amide bonds. The molecule has 0 spiro atoms. The number of ether oxygens (including phenoxy) is 1. The van der Waals surface area contributed by atoms with E-state index >= 15 is 0 Å². The van der Waals surface area contributed by atoms with Crippen molar-refractivity contribution in [3.63, 3.8) is 0 Å². The molecule has 4 aromatic carbocycles. The van der Waals surface area contributed by atoms with Gasteiger partial charge in [-0.2, -0.15) is 0 Å². The molecule has 5 unspecified atom stereocenters. The SMILES string of the molecule is CC1(c2ccc3oc4ccccc4c3c2-c2nc(C3=CC=CC4c5ccccc5OC34)nc(C3=C4C=CCCC4C4C=CC=CC4=C3)n2)C=c2sc3ccccc3c2=CC1. The third-order valence-electron chi connectivity index (χ3n) is 13.6. The molecule has 0 bridgehead atoms. The smallest absolute Gasteiger partial charge is 0.165 e. The molecule has 3 aromatic heterocycles. The molecule has 0 saturated heterocycles. The fraction of sp³-hybridized carbons (Fsp3) is 0.167. The Labute approximate surface area is 351 Å². The Bertz CT molecular complexity index is 3390. The Morgan fingerprint density at radius 1 is 0.767 bits per heavy atom. The van der Waals surface area contributed by atoms with Crippen LogP contribution in [-0.4, -0.2) is 21.1 Å². The fourth-order valence-corrected chi connectivity index (χ4v) is 12.0. The van der Waals surface area contributed by atoms with E-state index in [1.165, 1.54) is 42.1 Å². The van der Waals surface area contributed by atoms with Crippen molar-refractivity contribution in [1.82, 2.24) is 15.0 Å². The molecule has 5 nitrogen and oxygen atoms in total. The molecule has 1 aliphatic heterocycles. The van der Waals surface area contributed by atoms with Crippen molar-refractivity contribution in [1.29, 1.82) is 0 Å². The number of hydrogen-bond acceptors (Lipinski definition) is 6. The van der Waals surface area contributed by atoms with Gasteiger partial charge in [0.15, 0.2) is 17.5 Å². The second-order valence-electron chi connectivity index (χ2n) is 17.1. The van der Waals surface area contributed by atoms with Gasteiger partial charge >= 0.3 is 0 Å². The van der Waals surface area contributed by atoms with Gasteiger partial charge in [0, 0.05) is 59.5 Å². The van der Waals surface area contributed by atoms with Crippen LogP contribution in [0, 0.1) is 11.8 Å². The molecule has 5 aliphatic carbocycles. The Morgan fingerprint density at radius 3 is 2.57 bits per heavy atom. The van der Waals surface area contributed by atoms with Crippen molar-refractivity contribution < 1.29 is 9.15 Å². The quantitative estimate of drug-likeness (QED) is 0.178. The van der Waals surface area contributed by atoms with Gasteiger partial charge in [-0.05, 0) is 82.8 Å². The topological polar surface area (TPSA) is 61.0 Å². The lowest BCUT2D eigenvalue weighted by Crippen LogP contribution is -2.32. The van der Waals surface area contributed by atoms with Crippen LogP contribution in [0.5, 0.6) is 5.75 Å². The molecule has 288 valence electrons. The van der Waals surface area contributed by atoms with E-state index in [0.717, 1.165) is 63.7 Å². The van der Waals surface area contributed by atoms with Crippen molar-refractivity contribution >= 4 is 66.7 Å². The second kappa shape index (κ2) is 12.9. The van der Waals surface area contributed by atoms with Crippen LogP contribution >= 0.6 is 11.3 Å². The highest BCUT2D eigenvalue weighted by molar-refractivity contribution is 7.17. The van der Waals surface area contributed by atoms with Gasteiger partial charge in [-0.15, -0.1) is 11.3 Å². The maximum Gasteiger partial charge on any atom is 0.165 e. The van der Waals surface area contributed by atoms with Gasteiger partial charge < -0.3 is 9.15 Å². The Morgan fingerprint density at radius 2 is 1.60 bits per heavy atom. The van der Waals surface area contributed by atoms with E-state index in [1.54, 1.807) is 0 Å². The molecular formula is C54H39N3O2S. The number of benzene rings is 4. The average molecular weight is 794 g/mol. The van der Waals surface area contributed by atoms with Gasteiger partial charge in [-0.25, -0.2) is 15.0 Å². The first-order chi connectivity index (χ1) is 29.6. The van der Waals surface area contributed by atoms with E-state index in [1.807, 2.05) is 23.5 Å². The molecule has 6 heteroatoms. The highest BCUT2D eigenvalue weighted by Crippen LogP contribution is 2.49. The summed E-state index contributed by atoms with van der Waals surface area (Å²) in [5.41, 5.74) is 9.26. The van der Waals surface area contributed by atoms with Crippen LogP contribution < -0.4 is 14.5 Å². The van der Waals surface area contributed by atoms with Crippen LogP contribution in [0.4, 0.5) is 0 Å². The molecule has 60 heavy (non-hydrogen) atoms. The molecule has 0 saturated carbocycles. The van der Waals surface area contributed by atoms with E-state index in [0.29, 0.717) is 29.3 Å². The minimum atomic E-state index is -0.366. The average Bonchev–Trinajstić information content (AvgIpc) is 3.99. The monoisotopic (exact) mass is 793 g/mol. The summed E-state index contributed by atoms with van der Waals surface area (Å²) in [5.74, 6) is 3.63. The van der Waals surface area contributed by atoms with Gasteiger partial charge in [0.1, 0.15) is 23.0 Å². The zero-order valence-electron chi connectivity index (χ0n) is 33.0. The summed E-state index contributed by atoms with van der Waals surface area (Å²) >= 11 is 1.87. The maximum atomic E-state index is 6.78. The third-order valence-corrected chi connectivity index (χ3v) is 14.8. The number of para-hydroxylation sites is 2. The number of hydrogen-bond donors (Lipinski definition) is 0. The largest absolute Gasteiger partial charge is 0.484 e. The van der Waals surface area contributed by atoms with Crippen molar-refractivity contribution in [2.45, 2.75) is 43.6 Å². The Kier molecular flexibility index (Phi) is 7.38. The van der Waals surface area contributed by atoms with Gasteiger partial charge in [-0.3, -0.25) is 0 Å². The molecule has 13 rings (SSSR count). The molecule has 7 aromatic rings. The van der Waals surface area contributed by atoms with Crippen LogP contribution in [0.2, 0.25) is 0 Å². The number of allylic oxidation sites excluding steroid dienone is 12. The number of fused-ring (bicyclic) bond motifs is 12. The zero-order chi connectivity index (χ0) is 39.5. The minimum Gasteiger partial charge on any atom is -0.484 e. The highest BCUT2D eigenvalue weighted by Gasteiger charge is 2.40. The summed E-state index contributed by atoms with van der Waals surface area (Å²) in [4.78, 5) is 16.7. The highest BCUT2D eigenvalue weighted by atomic mass is 32.1. The molecule has 0 N–H and O–H groups in total. The van der Waals surface area contributed by atoms with Crippen molar-refractivity contribution in [2.75, 3.05) is 0 Å². The van der Waals surface area contributed by atoms with Crippen LogP contribution in [0.1, 0.15) is 54.9 Å². The summed E-state index contributed by atoms with van der Waals surface area (Å²) in [6, 6.07) is 29.9. The number of furan rings is 1. The molecule has 6 aliphatic rings. The lowest BCUT2D eigenvalue weighted by molar-refractivity contribution is 0.277. The first-order valence-electron chi connectivity index (χ1n) is 21.1. The van der Waals surface area contributed by atoms with Gasteiger partial charge in [-0.1, -0.05) is 134 Å². The van der Waals surface area contributed by atoms with Crippen LogP contribution in [0.3, 0.4) is 0 Å². The van der Waals surface area contributed by atoms with Crippen molar-refractivity contribution in [2.24, 2.45) is 11.8 Å². The van der Waals surface area contributed by atoms with Gasteiger partial charge in [0.05, 0.1) is 0 Å². The summed E-state index contributed by atoms with van der Waals surface area (Å²) in [6.45, 7) is 2.37. The summed E-state index contributed by atoms with van der Waals surface area (Å²) < 4.78 is 16.0. The number of nitrogens with zero attached hydrogens (tertiary/aromatic N) is 3. The number of rotatable bonds is 4. The predicted molar refractivity (Wildman–Crippen MR) is 244 cm³/mol. The molecule has 0 fully saturated rings. The van der Waals surface area contributed by atoms with Crippen molar-refractivity contribution in [3.8, 4) is 17.1 Å². The van der Waals surface area contributed by atoms with Crippen molar-refractivity contribution in [3.05, 3.63) is 189 Å². The summed E-state index contributed by atoms with van der Waals surface area (Å²) in [7, 11) is 0. The van der Waals surface area contributed by atoms with E-state index in [2.05, 4.69) is 153 Å². The van der Waals surface area contributed by atoms with Gasteiger partial charge in [0.25, 0.3) is 0 Å². The number of aromatic nitrogens is 3. The van der Waals surface area contributed by atoms with Crippen LogP contribution in [0.15, 0.2) is 161 Å². The maximum absolute atomic E-state index is 6.78. The molecular weight excluding hydrogens is 755 g/mol. The molecule has 0 radical (unpaired) electrons. The van der Waals surface area contributed by atoms with E-state index in [9.17, 15) is 0 Å². The normalized spacial score (nSPS) is 24.6. The first-order valence-corrected chi connectivity index (χ1v) is 21.9. The van der Waals surface area contributed by atoms with Crippen LogP contribution in [-0.2, 0) is 5.41 Å². The fourth-order valence-electron chi connectivity index (χ4n) is 10.7. The minimum absolute atomic E-state index is 0.0628. The predicted octanol–water partition coefficient (Wildman–Crippen LogP) is 11.5. The Balaban J connectivity index is 1.09. The van der Waals surface area contributed by atoms with Crippen LogP contribution in [0.25, 0.3) is 66.7 Å². The zero-order valence-corrected chi connectivity index (χ0v) is 33.8. The second-order valence-corrected chi connectivity index (χ2v) is 18.2. The van der Waals surface area contributed by atoms with E-state index < -0.39 is 0 Å². The molecule has 5 atom stereocenters. The summed E-state index contributed by atoms with van der Waals surface area (Å²) in [5, 5.41) is 4.73. The third kappa shape index (κ3) is 5.07. The first kappa shape index (κ1) is 34.3. The van der Waals surface area contributed by atoms with Gasteiger partial charge in [0.2, 0.25) is 0 Å². The standard InChI is InChI=1S/C54H39N3O2S/c1-54(28-27-37-36-18-8-11-24-46(36)60-47(37)30-54)42-25-26-45-48(39-19-7-10-23-44(39)58-45)49(42)53-56-51(40-21-12-20-38-35-17-6-9-22-43(35)59-50(38)40)55-52(57-53)41-29-31-13-2-3-14-32(31)33-15-4-5-16-34(33)41/h2-3,5-14,16-27,29-30,32-33,38,50H,4,15,28H2,1H3. The lowest BCUT2D eigenvalue weighted by atomic mass is 9.69. The number of thiophene rings is 1. The van der Waals surface area contributed by atoms with E-state index in [-0.39, 0.29) is 17.4 Å². The summed E-state index contributed by atoms with van der Waals surface area (Å²) in [6.07, 6.45) is 30.1. The van der Waals surface area contributed by atoms with E-state index in [4.69, 9.17) is 24.1 Å². The molecule has 4 heterocycles. The lowest BCUT2D eigenvalue weighted by Gasteiger charge is -2.35.